The zero-order chi connectivity index (χ0) is 21.1. The molecule has 0 amide bonds. The van der Waals surface area contributed by atoms with Gasteiger partial charge in [0.25, 0.3) is 10.0 Å². The van der Waals surface area contributed by atoms with Crippen LogP contribution >= 0.6 is 0 Å². The summed E-state index contributed by atoms with van der Waals surface area (Å²) in [5.74, 6) is 0. The first-order chi connectivity index (χ1) is 14.4. The summed E-state index contributed by atoms with van der Waals surface area (Å²) < 4.78 is 31.1. The third kappa shape index (κ3) is 4.28. The molecule has 6 heteroatoms. The van der Waals surface area contributed by atoms with Crippen molar-refractivity contribution >= 4 is 15.7 Å². The lowest BCUT2D eigenvalue weighted by molar-refractivity contribution is 0.601. The number of anilines is 1. The average molecular weight is 418 g/mol. The van der Waals surface area contributed by atoms with Gasteiger partial charge in [0.2, 0.25) is 0 Å². The van der Waals surface area contributed by atoms with Gasteiger partial charge in [0.05, 0.1) is 12.2 Å². The highest BCUT2D eigenvalue weighted by atomic mass is 32.2. The smallest absolute Gasteiger partial charge is 0.265 e. The molecule has 5 nitrogen and oxygen atoms in total. The van der Waals surface area contributed by atoms with Gasteiger partial charge in [-0.15, -0.1) is 0 Å². The van der Waals surface area contributed by atoms with Gasteiger partial charge >= 0.3 is 0 Å². The summed E-state index contributed by atoms with van der Waals surface area (Å²) >= 11 is 0. The summed E-state index contributed by atoms with van der Waals surface area (Å²) in [6.45, 7) is 4.30. The lowest BCUT2D eigenvalue weighted by atomic mass is 10.1. The number of aromatic nitrogens is 2. The molecule has 0 aliphatic heterocycles. The van der Waals surface area contributed by atoms with Gasteiger partial charge in [-0.2, -0.15) is 5.10 Å². The zero-order valence-electron chi connectivity index (χ0n) is 16.9. The number of nitrogens with zero attached hydrogens (tertiary/aromatic N) is 2. The fraction of sp³-hybridized carbons (Fsp3) is 0.125. The van der Waals surface area contributed by atoms with Gasteiger partial charge < -0.3 is 0 Å². The number of nitrogens with one attached hydrogen (secondary N) is 1. The van der Waals surface area contributed by atoms with Crippen molar-refractivity contribution in [2.75, 3.05) is 4.72 Å². The summed E-state index contributed by atoms with van der Waals surface area (Å²) in [6.07, 6.45) is 1.60. The minimum atomic E-state index is -3.84. The van der Waals surface area contributed by atoms with Crippen LogP contribution in [0.1, 0.15) is 16.7 Å². The van der Waals surface area contributed by atoms with E-state index >= 15 is 0 Å². The predicted octanol–water partition coefficient (Wildman–Crippen LogP) is 5.02. The number of hydrogen-bond acceptors (Lipinski definition) is 3. The van der Waals surface area contributed by atoms with Crippen molar-refractivity contribution in [1.82, 2.24) is 9.78 Å². The summed E-state index contributed by atoms with van der Waals surface area (Å²) in [7, 11) is -3.84. The van der Waals surface area contributed by atoms with E-state index in [-0.39, 0.29) is 4.90 Å². The topological polar surface area (TPSA) is 64.0 Å². The van der Waals surface area contributed by atoms with E-state index in [9.17, 15) is 8.42 Å². The Bertz CT molecular complexity index is 1260. The minimum Gasteiger partial charge on any atom is -0.279 e. The lowest BCUT2D eigenvalue weighted by Crippen LogP contribution is -2.14. The first-order valence-electron chi connectivity index (χ1n) is 9.69. The number of rotatable bonds is 6. The van der Waals surface area contributed by atoms with Gasteiger partial charge in [-0.3, -0.25) is 9.40 Å². The van der Waals surface area contributed by atoms with Crippen LogP contribution in [0, 0.1) is 13.8 Å². The maximum atomic E-state index is 13.4. The molecule has 1 aromatic heterocycles. The zero-order valence-corrected chi connectivity index (χ0v) is 17.7. The Hall–Kier alpha value is -3.38. The Morgan fingerprint density at radius 1 is 0.900 bits per heavy atom. The third-order valence-corrected chi connectivity index (χ3v) is 6.26. The van der Waals surface area contributed by atoms with Crippen molar-refractivity contribution in [2.24, 2.45) is 0 Å². The van der Waals surface area contributed by atoms with Crippen LogP contribution in [0.15, 0.2) is 90.0 Å². The monoisotopic (exact) mass is 417 g/mol. The van der Waals surface area contributed by atoms with Crippen molar-refractivity contribution in [2.45, 2.75) is 25.3 Å². The fourth-order valence-corrected chi connectivity index (χ4v) is 4.59. The first-order valence-corrected chi connectivity index (χ1v) is 11.2. The van der Waals surface area contributed by atoms with Gasteiger partial charge in [0.15, 0.2) is 0 Å². The summed E-state index contributed by atoms with van der Waals surface area (Å²) in [6, 6.07) is 24.9. The second-order valence-electron chi connectivity index (χ2n) is 7.32. The molecule has 4 rings (SSSR count). The molecule has 0 fully saturated rings. The third-order valence-electron chi connectivity index (χ3n) is 4.89. The molecule has 0 atom stereocenters. The molecule has 0 bridgehead atoms. The molecule has 0 aliphatic carbocycles. The summed E-state index contributed by atoms with van der Waals surface area (Å²) in [5.41, 5.74) is 4.66. The van der Waals surface area contributed by atoms with Gasteiger partial charge in [0.1, 0.15) is 10.6 Å². The Morgan fingerprint density at radius 2 is 1.57 bits per heavy atom. The van der Waals surface area contributed by atoms with Gasteiger partial charge in [-0.05, 0) is 36.6 Å². The largest absolute Gasteiger partial charge is 0.279 e. The molecular weight excluding hydrogens is 394 g/mol. The van der Waals surface area contributed by atoms with Crippen LogP contribution in [0.3, 0.4) is 0 Å². The van der Waals surface area contributed by atoms with Crippen LogP contribution < -0.4 is 4.72 Å². The van der Waals surface area contributed by atoms with Crippen LogP contribution in [-0.2, 0) is 16.6 Å². The number of sulfonamides is 1. The second kappa shape index (κ2) is 8.16. The molecule has 0 saturated heterocycles. The second-order valence-corrected chi connectivity index (χ2v) is 8.97. The molecule has 0 saturated carbocycles. The Balaban J connectivity index is 1.77. The van der Waals surface area contributed by atoms with Gasteiger partial charge in [-0.25, -0.2) is 8.42 Å². The van der Waals surface area contributed by atoms with Gasteiger partial charge in [-0.1, -0.05) is 72.8 Å². The SMILES string of the molecule is Cc1ccc(C)c(NS(=O)(=O)c2cn(Cc3ccccc3)nc2-c2ccccc2)c1. The molecule has 30 heavy (non-hydrogen) atoms. The van der Waals surface area contributed by atoms with Crippen molar-refractivity contribution in [3.63, 3.8) is 0 Å². The Morgan fingerprint density at radius 3 is 2.27 bits per heavy atom. The van der Waals surface area contributed by atoms with Crippen LogP contribution in [0.2, 0.25) is 0 Å². The first kappa shape index (κ1) is 19.9. The van der Waals surface area contributed by atoms with E-state index in [4.69, 9.17) is 0 Å². The molecule has 0 radical (unpaired) electrons. The molecular formula is C24H23N3O2S. The highest BCUT2D eigenvalue weighted by Gasteiger charge is 2.24. The average Bonchev–Trinajstić information content (AvgIpc) is 3.17. The molecule has 0 unspecified atom stereocenters. The van der Waals surface area contributed by atoms with E-state index in [1.807, 2.05) is 92.7 Å². The van der Waals surface area contributed by atoms with Crippen LogP contribution in [0.5, 0.6) is 0 Å². The fourth-order valence-electron chi connectivity index (χ4n) is 3.29. The highest BCUT2D eigenvalue weighted by Crippen LogP contribution is 2.29. The summed E-state index contributed by atoms with van der Waals surface area (Å²) in [5, 5.41) is 4.62. The maximum Gasteiger partial charge on any atom is 0.265 e. The standard InChI is InChI=1S/C24H23N3O2S/c1-18-13-14-19(2)22(15-18)26-30(28,29)23-17-27(16-20-9-5-3-6-10-20)25-24(23)21-11-7-4-8-12-21/h3-15,17,26H,16H2,1-2H3. The van der Waals surface area contributed by atoms with E-state index in [0.29, 0.717) is 17.9 Å². The maximum absolute atomic E-state index is 13.4. The predicted molar refractivity (Wildman–Crippen MR) is 120 cm³/mol. The van der Waals surface area contributed by atoms with Crippen LogP contribution in [0.4, 0.5) is 5.69 Å². The van der Waals surface area contributed by atoms with Crippen molar-refractivity contribution < 1.29 is 8.42 Å². The van der Waals surface area contributed by atoms with Crippen molar-refractivity contribution in [3.8, 4) is 11.3 Å². The van der Waals surface area contributed by atoms with E-state index in [2.05, 4.69) is 9.82 Å². The number of aryl methyl sites for hydroxylation is 2. The quantitative estimate of drug-likeness (QED) is 0.479. The molecule has 4 aromatic rings. The molecule has 0 spiro atoms. The van der Waals surface area contributed by atoms with E-state index in [1.165, 1.54) is 0 Å². The number of benzene rings is 3. The normalized spacial score (nSPS) is 11.4. The van der Waals surface area contributed by atoms with Crippen molar-refractivity contribution in [1.29, 1.82) is 0 Å². The molecule has 152 valence electrons. The van der Waals surface area contributed by atoms with Crippen LogP contribution in [0.25, 0.3) is 11.3 Å². The molecule has 3 aromatic carbocycles. The molecule has 1 heterocycles. The number of hydrogen-bond donors (Lipinski definition) is 1. The Kier molecular flexibility index (Phi) is 5.42. The molecule has 0 aliphatic rings. The van der Waals surface area contributed by atoms with Gasteiger partial charge in [0, 0.05) is 11.8 Å². The van der Waals surface area contributed by atoms with E-state index in [0.717, 1.165) is 22.3 Å². The minimum absolute atomic E-state index is 0.158. The summed E-state index contributed by atoms with van der Waals surface area (Å²) in [4.78, 5) is 0.158. The lowest BCUT2D eigenvalue weighted by Gasteiger charge is -2.11. The van der Waals surface area contributed by atoms with Crippen molar-refractivity contribution in [3.05, 3.63) is 102 Å². The van der Waals surface area contributed by atoms with E-state index in [1.54, 1.807) is 10.9 Å². The Labute approximate surface area is 177 Å². The van der Waals surface area contributed by atoms with Crippen LogP contribution in [-0.4, -0.2) is 18.2 Å². The molecule has 1 N–H and O–H groups in total. The van der Waals surface area contributed by atoms with E-state index < -0.39 is 10.0 Å². The highest BCUT2D eigenvalue weighted by molar-refractivity contribution is 7.92.